The van der Waals surface area contributed by atoms with Crippen LogP contribution in [0.4, 0.5) is 0 Å². The fraction of sp³-hybridized carbons (Fsp3) is 0.278. The molecule has 2 heterocycles. The van der Waals surface area contributed by atoms with E-state index >= 15 is 0 Å². The third-order valence-electron chi connectivity index (χ3n) is 4.03. The second-order valence-corrected chi connectivity index (χ2v) is 6.30. The van der Waals surface area contributed by atoms with Gasteiger partial charge in [0.25, 0.3) is 0 Å². The summed E-state index contributed by atoms with van der Waals surface area (Å²) >= 11 is 0.990. The minimum Gasteiger partial charge on any atom is -0.465 e. The van der Waals surface area contributed by atoms with Crippen LogP contribution in [0.1, 0.15) is 43.9 Å². The Morgan fingerprint density at radius 1 is 1.15 bits per heavy atom. The Balaban J connectivity index is 1.96. The summed E-state index contributed by atoms with van der Waals surface area (Å²) in [5.41, 5.74) is 2.73. The van der Waals surface area contributed by atoms with Crippen LogP contribution in [-0.2, 0) is 22.5 Å². The lowest BCUT2D eigenvalue weighted by molar-refractivity contribution is 0.0459. The number of hydrogen-bond donors (Lipinski definition) is 0. The summed E-state index contributed by atoms with van der Waals surface area (Å²) in [6.45, 7) is 3.57. The molecule has 0 radical (unpaired) electrons. The van der Waals surface area contributed by atoms with Gasteiger partial charge in [-0.05, 0) is 36.5 Å². The maximum Gasteiger partial charge on any atom is 0.352 e. The van der Waals surface area contributed by atoms with Crippen molar-refractivity contribution < 1.29 is 19.1 Å². The Kier molecular flexibility index (Phi) is 5.22. The second kappa shape index (κ2) is 7.57. The van der Waals surface area contributed by atoms with Crippen molar-refractivity contribution in [2.24, 2.45) is 0 Å². The number of esters is 2. The predicted octanol–water partition coefficient (Wildman–Crippen LogP) is 3.10. The highest BCUT2D eigenvalue weighted by atomic mass is 32.1. The van der Waals surface area contributed by atoms with Gasteiger partial charge in [0.15, 0.2) is 4.88 Å². The van der Waals surface area contributed by atoms with Gasteiger partial charge in [-0.2, -0.15) is 0 Å². The van der Waals surface area contributed by atoms with Gasteiger partial charge in [0.2, 0.25) is 0 Å². The van der Waals surface area contributed by atoms with Gasteiger partial charge < -0.3 is 9.47 Å². The topological polar surface area (TPSA) is 91.3 Å². The normalized spacial score (nSPS) is 10.7. The van der Waals surface area contributed by atoms with Crippen LogP contribution < -0.4 is 0 Å². The van der Waals surface area contributed by atoms with Gasteiger partial charge in [0.1, 0.15) is 6.61 Å². The van der Waals surface area contributed by atoms with Crippen molar-refractivity contribution in [1.29, 1.82) is 0 Å². The molecule has 0 fully saturated rings. The fourth-order valence-electron chi connectivity index (χ4n) is 2.71. The van der Waals surface area contributed by atoms with E-state index in [2.05, 4.69) is 14.6 Å². The van der Waals surface area contributed by atoms with E-state index in [4.69, 9.17) is 9.47 Å². The number of pyridine rings is 1. The molecule has 26 heavy (non-hydrogen) atoms. The minimum absolute atomic E-state index is 0.143. The number of aryl methyl sites for hydroxylation is 2. The first kappa shape index (κ1) is 17.9. The number of fused-ring (bicyclic) bond motifs is 1. The molecule has 0 spiro atoms. The Bertz CT molecular complexity index is 984. The molecule has 0 aliphatic carbocycles. The Morgan fingerprint density at radius 2 is 1.92 bits per heavy atom. The molecule has 8 heteroatoms. The Morgan fingerprint density at radius 3 is 2.65 bits per heavy atom. The summed E-state index contributed by atoms with van der Waals surface area (Å²) in [5.74, 6) is -1.04. The van der Waals surface area contributed by atoms with Crippen LogP contribution >= 0.6 is 11.5 Å². The number of carbonyl (C=O) groups excluding carboxylic acids is 2. The monoisotopic (exact) mass is 371 g/mol. The molecule has 134 valence electrons. The first-order chi connectivity index (χ1) is 12.6. The van der Waals surface area contributed by atoms with E-state index in [0.29, 0.717) is 28.2 Å². The predicted molar refractivity (Wildman–Crippen MR) is 96.2 cm³/mol. The first-order valence-electron chi connectivity index (χ1n) is 8.01. The van der Waals surface area contributed by atoms with E-state index in [0.717, 1.165) is 28.0 Å². The van der Waals surface area contributed by atoms with Gasteiger partial charge in [-0.3, -0.25) is 0 Å². The summed E-state index contributed by atoms with van der Waals surface area (Å²) in [7, 11) is 1.31. The molecule has 0 bridgehead atoms. The fourth-order valence-corrected chi connectivity index (χ4v) is 3.36. The van der Waals surface area contributed by atoms with Gasteiger partial charge in [-0.15, -0.1) is 5.10 Å². The lowest BCUT2D eigenvalue weighted by Gasteiger charge is -2.13. The average Bonchev–Trinajstić information content (AvgIpc) is 3.14. The standard InChI is InChI=1S/C18H17N3O4S/c1-4-12-16(26-21-20-12)18(23)25-9-14-15(17(22)24-3)10(2)11-7-5-6-8-13(11)19-14/h5-8H,4,9H2,1-3H3. The van der Waals surface area contributed by atoms with Crippen LogP contribution in [0, 0.1) is 6.92 Å². The van der Waals surface area contributed by atoms with Crippen molar-refractivity contribution in [2.75, 3.05) is 7.11 Å². The van der Waals surface area contributed by atoms with Crippen LogP contribution in [0.2, 0.25) is 0 Å². The van der Waals surface area contributed by atoms with Crippen LogP contribution in [0.5, 0.6) is 0 Å². The van der Waals surface area contributed by atoms with E-state index in [1.807, 2.05) is 38.1 Å². The number of aromatic nitrogens is 3. The number of nitrogens with zero attached hydrogens (tertiary/aromatic N) is 3. The van der Waals surface area contributed by atoms with Crippen LogP contribution in [0.15, 0.2) is 24.3 Å². The quantitative estimate of drug-likeness (QED) is 0.636. The highest BCUT2D eigenvalue weighted by Crippen LogP contribution is 2.24. The van der Waals surface area contributed by atoms with Gasteiger partial charge in [0, 0.05) is 5.39 Å². The number of rotatable bonds is 5. The lowest BCUT2D eigenvalue weighted by Crippen LogP contribution is -2.14. The number of carbonyl (C=O) groups is 2. The smallest absolute Gasteiger partial charge is 0.352 e. The third kappa shape index (κ3) is 3.28. The van der Waals surface area contributed by atoms with E-state index in [1.165, 1.54) is 7.11 Å². The van der Waals surface area contributed by atoms with Crippen LogP contribution in [-0.4, -0.2) is 33.6 Å². The number of methoxy groups -OCH3 is 1. The molecule has 3 rings (SSSR count). The molecule has 7 nitrogen and oxygen atoms in total. The second-order valence-electron chi connectivity index (χ2n) is 5.55. The first-order valence-corrected chi connectivity index (χ1v) is 8.79. The van der Waals surface area contributed by atoms with Gasteiger partial charge in [0.05, 0.1) is 29.6 Å². The summed E-state index contributed by atoms with van der Waals surface area (Å²) in [6, 6.07) is 7.47. The molecule has 0 aliphatic heterocycles. The molecule has 3 aromatic rings. The van der Waals surface area contributed by atoms with Crippen molar-refractivity contribution in [3.63, 3.8) is 0 Å². The Labute approximate surface area is 154 Å². The number of ether oxygens (including phenoxy) is 2. The van der Waals surface area contributed by atoms with Crippen molar-refractivity contribution in [2.45, 2.75) is 26.9 Å². The number of para-hydroxylation sites is 1. The maximum absolute atomic E-state index is 12.3. The Hall–Kier alpha value is -2.87. The highest BCUT2D eigenvalue weighted by molar-refractivity contribution is 7.07. The highest BCUT2D eigenvalue weighted by Gasteiger charge is 2.22. The molecule has 0 N–H and O–H groups in total. The maximum atomic E-state index is 12.3. The van der Waals surface area contributed by atoms with E-state index in [-0.39, 0.29) is 6.61 Å². The molecule has 0 saturated heterocycles. The zero-order valence-corrected chi connectivity index (χ0v) is 15.4. The average molecular weight is 371 g/mol. The van der Waals surface area contributed by atoms with Gasteiger partial charge in [-0.1, -0.05) is 29.6 Å². The minimum atomic E-state index is -0.528. The van der Waals surface area contributed by atoms with Crippen molar-refractivity contribution >= 4 is 34.4 Å². The van der Waals surface area contributed by atoms with E-state index in [9.17, 15) is 9.59 Å². The summed E-state index contributed by atoms with van der Waals surface area (Å²) in [5, 5.41) is 4.75. The van der Waals surface area contributed by atoms with Crippen LogP contribution in [0.3, 0.4) is 0 Å². The van der Waals surface area contributed by atoms with Crippen LogP contribution in [0.25, 0.3) is 10.9 Å². The molecule has 0 unspecified atom stereocenters. The molecular formula is C18H17N3O4S. The molecule has 0 amide bonds. The lowest BCUT2D eigenvalue weighted by atomic mass is 10.0. The summed E-state index contributed by atoms with van der Waals surface area (Å²) in [6.07, 6.45) is 0.585. The molecular weight excluding hydrogens is 354 g/mol. The van der Waals surface area contributed by atoms with Gasteiger partial charge >= 0.3 is 11.9 Å². The molecule has 0 atom stereocenters. The number of hydrogen-bond acceptors (Lipinski definition) is 8. The van der Waals surface area contributed by atoms with Gasteiger partial charge in [-0.25, -0.2) is 14.6 Å². The van der Waals surface area contributed by atoms with Crippen molar-refractivity contribution in [3.05, 3.63) is 51.7 Å². The largest absolute Gasteiger partial charge is 0.465 e. The molecule has 0 aliphatic rings. The summed E-state index contributed by atoms with van der Waals surface area (Å²) < 4.78 is 14.0. The van der Waals surface area contributed by atoms with E-state index < -0.39 is 11.9 Å². The third-order valence-corrected chi connectivity index (χ3v) is 4.78. The van der Waals surface area contributed by atoms with Crippen molar-refractivity contribution in [1.82, 2.24) is 14.6 Å². The van der Waals surface area contributed by atoms with E-state index in [1.54, 1.807) is 0 Å². The summed E-state index contributed by atoms with van der Waals surface area (Å²) in [4.78, 5) is 29.4. The SMILES string of the molecule is CCc1nnsc1C(=O)OCc1nc2ccccc2c(C)c1C(=O)OC. The zero-order chi connectivity index (χ0) is 18.7. The molecule has 2 aromatic heterocycles. The van der Waals surface area contributed by atoms with Crippen molar-refractivity contribution in [3.8, 4) is 0 Å². The number of benzene rings is 1. The molecule has 0 saturated carbocycles. The molecule has 1 aromatic carbocycles. The zero-order valence-electron chi connectivity index (χ0n) is 14.6.